The molecule has 0 amide bonds. The van der Waals surface area contributed by atoms with Gasteiger partial charge < -0.3 is 60.0 Å². The summed E-state index contributed by atoms with van der Waals surface area (Å²) in [6.07, 6.45) is -0.253. The molecule has 0 bridgehead atoms. The number of carbonyl (C=O) groups is 2. The maximum atomic E-state index is 10.7. The molecule has 7 N–H and O–H groups in total. The smallest absolute Gasteiger partial charge is 0.101 e. The van der Waals surface area contributed by atoms with Crippen molar-refractivity contribution >= 4 is 11.9 Å². The molecule has 0 radical (unpaired) electrons. The average Bonchev–Trinajstić information content (AvgIpc) is 3.47. The molecule has 0 aromatic heterocycles. The van der Waals surface area contributed by atoms with Crippen molar-refractivity contribution in [2.75, 3.05) is 94.9 Å². The Hall–Kier alpha value is -1.42. The van der Waals surface area contributed by atoms with Gasteiger partial charge in [0.1, 0.15) is 19.2 Å². The Bertz CT molecular complexity index is 533. The molecule has 1 aliphatic rings. The number of carboxylic acid groups (broad SMARTS) is 2. The third-order valence-electron chi connectivity index (χ3n) is 4.40. The highest BCUT2D eigenvalue weighted by Gasteiger charge is 2.36. The van der Waals surface area contributed by atoms with Crippen molar-refractivity contribution in [2.24, 2.45) is 11.7 Å². The number of aliphatic hydroxyl groups excluding tert-OH is 5. The largest absolute Gasteiger partial charge is 0.549 e. The zero-order valence-corrected chi connectivity index (χ0v) is 24.5. The van der Waals surface area contributed by atoms with Gasteiger partial charge in [-0.1, -0.05) is 13.8 Å². The van der Waals surface area contributed by atoms with Crippen LogP contribution < -0.4 is 15.9 Å². The van der Waals surface area contributed by atoms with E-state index in [2.05, 4.69) is 48.0 Å². The van der Waals surface area contributed by atoms with Crippen LogP contribution in [0.15, 0.2) is 0 Å². The highest BCUT2D eigenvalue weighted by atomic mass is 16.4. The normalized spacial score (nSPS) is 17.0. The lowest BCUT2D eigenvalue weighted by Crippen LogP contribution is -2.42. The summed E-state index contributed by atoms with van der Waals surface area (Å²) in [6.45, 7) is 8.12. The van der Waals surface area contributed by atoms with Gasteiger partial charge in [0, 0.05) is 25.2 Å². The van der Waals surface area contributed by atoms with Crippen LogP contribution in [0.4, 0.5) is 0 Å². The summed E-state index contributed by atoms with van der Waals surface area (Å²) < 4.78 is 1.69. The lowest BCUT2D eigenvalue weighted by atomic mass is 10.0. The molecule has 1 saturated heterocycles. The first-order chi connectivity index (χ1) is 16.7. The Kier molecular flexibility index (Phi) is 27.3. The van der Waals surface area contributed by atoms with Crippen molar-refractivity contribution in [3.8, 4) is 0 Å². The first kappa shape index (κ1) is 42.7. The summed E-state index contributed by atoms with van der Waals surface area (Å²) in [5.74, 6) is -1.72. The molecular weight excluding hydrogens is 488 g/mol. The number of aliphatic carboxylic acids is 2. The summed E-state index contributed by atoms with van der Waals surface area (Å²) in [5, 5.41) is 60.6. The van der Waals surface area contributed by atoms with Gasteiger partial charge in [-0.25, -0.2) is 0 Å². The molecule has 0 aromatic carbocycles. The molecule has 13 nitrogen and oxygen atoms in total. The Balaban J connectivity index is -0.000000192. The van der Waals surface area contributed by atoms with Crippen LogP contribution in [-0.4, -0.2) is 164 Å². The zero-order valence-electron chi connectivity index (χ0n) is 24.5. The van der Waals surface area contributed by atoms with E-state index in [4.69, 9.17) is 35.4 Å². The molecule has 3 atom stereocenters. The molecule has 1 heterocycles. The Morgan fingerprint density at radius 1 is 0.919 bits per heavy atom. The molecular formula is C24H56N4O9. The highest BCUT2D eigenvalue weighted by molar-refractivity contribution is 5.71. The lowest BCUT2D eigenvalue weighted by Gasteiger charge is -2.21. The number of carbonyl (C=O) groups excluding carboxylic acids is 2. The van der Waals surface area contributed by atoms with Gasteiger partial charge in [-0.2, -0.15) is 0 Å². The molecule has 226 valence electrons. The molecule has 1 aliphatic heterocycles. The van der Waals surface area contributed by atoms with E-state index in [1.54, 1.807) is 0 Å². The van der Waals surface area contributed by atoms with Gasteiger partial charge in [0.25, 0.3) is 0 Å². The second-order valence-electron chi connectivity index (χ2n) is 11.1. The average molecular weight is 545 g/mol. The molecule has 0 aliphatic carbocycles. The molecule has 0 saturated carbocycles. The standard InChI is InChI=1S/C9H17NO2.2C5H14NO.C3H8O3.C2H5NO2/c1-6(2)4-8(9(11)12)10-5-7(10)3;2*1-6(2,3)4-5-7;4-1-3(6)2-5;3-1-2(4)5/h6-8H,4-5H2,1-3H3,(H,11,12);2*7H,4-5H2,1-3H3;3-6H,1-2H2;1,3H2,(H,4,5)/q;2*+1;;/p-2/t7?,8-,10?;;;;/m0..../s1. The Morgan fingerprint density at radius 2 is 1.24 bits per heavy atom. The molecule has 13 heteroatoms. The SMILES string of the molecule is CC(C)C[C@@H](C(=O)[O-])N1CC1C.C[N+](C)(C)CCO.C[N+](C)(C)CCO.NCC(=O)[O-].OCC(O)CO. The Labute approximate surface area is 223 Å². The van der Waals surface area contributed by atoms with Gasteiger partial charge in [0.2, 0.25) is 0 Å². The van der Waals surface area contributed by atoms with Gasteiger partial charge in [-0.15, -0.1) is 0 Å². The fourth-order valence-electron chi connectivity index (χ4n) is 2.16. The van der Waals surface area contributed by atoms with Crippen molar-refractivity contribution in [3.05, 3.63) is 0 Å². The lowest BCUT2D eigenvalue weighted by molar-refractivity contribution is -0.870. The molecule has 1 fully saturated rings. The van der Waals surface area contributed by atoms with Crippen LogP contribution in [0.3, 0.4) is 0 Å². The quantitative estimate of drug-likeness (QED) is 0.107. The van der Waals surface area contributed by atoms with Crippen LogP contribution in [0.25, 0.3) is 0 Å². The fraction of sp³-hybridized carbons (Fsp3) is 0.917. The summed E-state index contributed by atoms with van der Waals surface area (Å²) >= 11 is 0. The van der Waals surface area contributed by atoms with Gasteiger partial charge in [-0.3, -0.25) is 4.90 Å². The maximum absolute atomic E-state index is 10.7. The fourth-order valence-corrected chi connectivity index (χ4v) is 2.16. The molecule has 1 rings (SSSR count). The number of aliphatic hydroxyl groups is 5. The van der Waals surface area contributed by atoms with E-state index in [-0.39, 0.29) is 39.0 Å². The van der Waals surface area contributed by atoms with Crippen LogP contribution in [0.1, 0.15) is 27.2 Å². The number of hydrogen-bond donors (Lipinski definition) is 6. The summed E-state index contributed by atoms with van der Waals surface area (Å²) in [6, 6.07) is 0.0756. The summed E-state index contributed by atoms with van der Waals surface area (Å²) in [4.78, 5) is 21.8. The number of likely N-dealkylation sites (N-methyl/N-ethyl adjacent to an activating group) is 2. The third-order valence-corrected chi connectivity index (χ3v) is 4.40. The van der Waals surface area contributed by atoms with Crippen molar-refractivity contribution in [3.63, 3.8) is 0 Å². The minimum Gasteiger partial charge on any atom is -0.549 e. The second-order valence-corrected chi connectivity index (χ2v) is 11.1. The third kappa shape index (κ3) is 39.3. The number of nitrogens with zero attached hydrogens (tertiary/aromatic N) is 3. The van der Waals surface area contributed by atoms with Gasteiger partial charge in [0.05, 0.1) is 80.7 Å². The topological polar surface area (TPSA) is 210 Å². The van der Waals surface area contributed by atoms with E-state index >= 15 is 0 Å². The van der Waals surface area contributed by atoms with E-state index in [1.165, 1.54) is 0 Å². The van der Waals surface area contributed by atoms with E-state index in [1.807, 2.05) is 25.7 Å². The van der Waals surface area contributed by atoms with E-state index < -0.39 is 18.0 Å². The Morgan fingerprint density at radius 3 is 1.32 bits per heavy atom. The molecule has 2 unspecified atom stereocenters. The monoisotopic (exact) mass is 544 g/mol. The minimum absolute atomic E-state index is 0.281. The van der Waals surface area contributed by atoms with Crippen LogP contribution in [0, 0.1) is 5.92 Å². The van der Waals surface area contributed by atoms with Crippen LogP contribution in [-0.2, 0) is 9.59 Å². The minimum atomic E-state index is -1.22. The predicted octanol–water partition coefficient (Wildman–Crippen LogP) is -4.75. The van der Waals surface area contributed by atoms with Gasteiger partial charge in [0.15, 0.2) is 0 Å². The summed E-state index contributed by atoms with van der Waals surface area (Å²) in [5.41, 5.74) is 4.51. The van der Waals surface area contributed by atoms with E-state index in [9.17, 15) is 9.90 Å². The number of quaternary nitrogens is 2. The van der Waals surface area contributed by atoms with Crippen LogP contribution in [0.5, 0.6) is 0 Å². The first-order valence-corrected chi connectivity index (χ1v) is 12.3. The van der Waals surface area contributed by atoms with Crippen molar-refractivity contribution < 1.29 is 54.3 Å². The second kappa shape index (κ2) is 23.7. The zero-order chi connectivity index (χ0) is 30.4. The number of nitrogens with two attached hydrogens (primary N) is 1. The number of carboxylic acids is 2. The molecule has 0 aromatic rings. The summed E-state index contributed by atoms with van der Waals surface area (Å²) in [7, 11) is 12.3. The van der Waals surface area contributed by atoms with Gasteiger partial charge >= 0.3 is 0 Å². The number of hydrogen-bond acceptors (Lipinski definition) is 11. The molecule has 37 heavy (non-hydrogen) atoms. The van der Waals surface area contributed by atoms with Gasteiger partial charge in [-0.05, 0) is 19.3 Å². The van der Waals surface area contributed by atoms with E-state index in [0.29, 0.717) is 18.4 Å². The van der Waals surface area contributed by atoms with Crippen molar-refractivity contribution in [1.82, 2.24) is 4.90 Å². The van der Waals surface area contributed by atoms with Crippen LogP contribution >= 0.6 is 0 Å². The van der Waals surface area contributed by atoms with Crippen LogP contribution in [0.2, 0.25) is 0 Å². The molecule has 0 spiro atoms. The highest BCUT2D eigenvalue weighted by Crippen LogP contribution is 2.24. The predicted molar refractivity (Wildman–Crippen MR) is 139 cm³/mol. The van der Waals surface area contributed by atoms with E-state index in [0.717, 1.165) is 28.6 Å². The maximum Gasteiger partial charge on any atom is 0.101 e. The first-order valence-electron chi connectivity index (χ1n) is 12.3. The number of rotatable bonds is 11. The van der Waals surface area contributed by atoms with Crippen molar-refractivity contribution in [1.29, 1.82) is 0 Å². The van der Waals surface area contributed by atoms with Crippen molar-refractivity contribution in [2.45, 2.75) is 45.4 Å².